The van der Waals surface area contributed by atoms with Gasteiger partial charge in [0.1, 0.15) is 0 Å². The van der Waals surface area contributed by atoms with Crippen LogP contribution in [-0.2, 0) is 6.54 Å². The highest BCUT2D eigenvalue weighted by Gasteiger charge is 1.99. The molecule has 2 rings (SSSR count). The highest BCUT2D eigenvalue weighted by molar-refractivity contribution is 5.53. The van der Waals surface area contributed by atoms with Crippen molar-refractivity contribution >= 4 is 11.4 Å². The zero-order valence-electron chi connectivity index (χ0n) is 8.97. The van der Waals surface area contributed by atoms with Crippen molar-refractivity contribution in [2.45, 2.75) is 13.5 Å². The summed E-state index contributed by atoms with van der Waals surface area (Å²) in [7, 11) is 0. The van der Waals surface area contributed by atoms with Gasteiger partial charge in [0.2, 0.25) is 6.39 Å². The molecule has 0 aromatic carbocycles. The van der Waals surface area contributed by atoms with Crippen molar-refractivity contribution in [2.75, 3.05) is 17.2 Å². The monoisotopic (exact) mass is 219 g/mol. The Morgan fingerprint density at radius 1 is 1.25 bits per heavy atom. The number of rotatable bonds is 5. The van der Waals surface area contributed by atoms with Crippen LogP contribution >= 0.6 is 0 Å². The van der Waals surface area contributed by atoms with Crippen molar-refractivity contribution in [3.05, 3.63) is 30.7 Å². The Kier molecular flexibility index (Phi) is 3.32. The van der Waals surface area contributed by atoms with Crippen molar-refractivity contribution in [3.63, 3.8) is 0 Å². The summed E-state index contributed by atoms with van der Waals surface area (Å²) in [6.07, 6.45) is 4.84. The van der Waals surface area contributed by atoms with Gasteiger partial charge in [-0.3, -0.25) is 4.98 Å². The Morgan fingerprint density at radius 2 is 2.06 bits per heavy atom. The Hall–Kier alpha value is -2.11. The standard InChI is InChI=1S/C10H13N5O/c1-2-12-8-3-9(5-11-4-8)13-6-10-14-7-16-15-10/h3-5,7,12-13H,2,6H2,1H3. The molecule has 84 valence electrons. The van der Waals surface area contributed by atoms with Gasteiger partial charge in [-0.1, -0.05) is 5.16 Å². The first kappa shape index (κ1) is 10.4. The fourth-order valence-corrected chi connectivity index (χ4v) is 1.29. The third-order valence-electron chi connectivity index (χ3n) is 1.98. The van der Waals surface area contributed by atoms with E-state index in [1.807, 2.05) is 13.0 Å². The third-order valence-corrected chi connectivity index (χ3v) is 1.98. The zero-order chi connectivity index (χ0) is 11.2. The summed E-state index contributed by atoms with van der Waals surface area (Å²) in [5, 5.41) is 10.1. The smallest absolute Gasteiger partial charge is 0.213 e. The van der Waals surface area contributed by atoms with Crippen molar-refractivity contribution < 1.29 is 4.52 Å². The van der Waals surface area contributed by atoms with Crippen LogP contribution in [0.3, 0.4) is 0 Å². The Bertz CT molecular complexity index is 429. The zero-order valence-corrected chi connectivity index (χ0v) is 8.97. The van der Waals surface area contributed by atoms with E-state index in [1.165, 1.54) is 6.39 Å². The molecule has 0 aliphatic carbocycles. The van der Waals surface area contributed by atoms with Gasteiger partial charge in [0.05, 0.1) is 30.3 Å². The molecule has 0 radical (unpaired) electrons. The number of nitrogens with zero attached hydrogens (tertiary/aromatic N) is 3. The van der Waals surface area contributed by atoms with Gasteiger partial charge < -0.3 is 15.2 Å². The lowest BCUT2D eigenvalue weighted by Gasteiger charge is -2.06. The maximum Gasteiger partial charge on any atom is 0.213 e. The van der Waals surface area contributed by atoms with Crippen LogP contribution in [0.5, 0.6) is 0 Å². The number of aromatic nitrogens is 3. The molecule has 0 aliphatic heterocycles. The van der Waals surface area contributed by atoms with Gasteiger partial charge in [-0.15, -0.1) is 0 Å². The quantitative estimate of drug-likeness (QED) is 0.793. The lowest BCUT2D eigenvalue weighted by atomic mass is 10.3. The molecule has 0 atom stereocenters. The minimum absolute atomic E-state index is 0.522. The van der Waals surface area contributed by atoms with Crippen LogP contribution in [0.2, 0.25) is 0 Å². The summed E-state index contributed by atoms with van der Waals surface area (Å²) in [6.45, 7) is 3.43. The van der Waals surface area contributed by atoms with Gasteiger partial charge in [-0.05, 0) is 13.0 Å². The van der Waals surface area contributed by atoms with Crippen molar-refractivity contribution in [3.8, 4) is 0 Å². The summed E-state index contributed by atoms with van der Waals surface area (Å²) in [6, 6.07) is 1.98. The van der Waals surface area contributed by atoms with Crippen LogP contribution in [-0.4, -0.2) is 21.7 Å². The minimum Gasteiger partial charge on any atom is -0.384 e. The Morgan fingerprint density at radius 3 is 2.75 bits per heavy atom. The molecule has 2 aromatic heterocycles. The second-order valence-corrected chi connectivity index (χ2v) is 3.19. The van der Waals surface area contributed by atoms with Crippen LogP contribution in [0.15, 0.2) is 29.4 Å². The van der Waals surface area contributed by atoms with Crippen LogP contribution in [0.1, 0.15) is 12.7 Å². The summed E-state index contributed by atoms with van der Waals surface area (Å²) >= 11 is 0. The van der Waals surface area contributed by atoms with Crippen molar-refractivity contribution in [1.29, 1.82) is 0 Å². The molecular formula is C10H13N5O. The number of hydrogen-bond acceptors (Lipinski definition) is 6. The molecule has 0 unspecified atom stereocenters. The second kappa shape index (κ2) is 5.11. The molecule has 2 aromatic rings. The van der Waals surface area contributed by atoms with E-state index in [4.69, 9.17) is 0 Å². The molecular weight excluding hydrogens is 206 g/mol. The molecule has 0 saturated heterocycles. The number of hydrogen-bond donors (Lipinski definition) is 2. The normalized spacial score (nSPS) is 10.1. The molecule has 6 heteroatoms. The van der Waals surface area contributed by atoms with Gasteiger partial charge >= 0.3 is 0 Å². The van der Waals surface area contributed by atoms with E-state index in [0.717, 1.165) is 17.9 Å². The minimum atomic E-state index is 0.522. The fourth-order valence-electron chi connectivity index (χ4n) is 1.29. The largest absolute Gasteiger partial charge is 0.384 e. The van der Waals surface area contributed by atoms with Crippen molar-refractivity contribution in [2.24, 2.45) is 0 Å². The Balaban J connectivity index is 1.96. The predicted octanol–water partition coefficient (Wildman–Crippen LogP) is 1.51. The lowest BCUT2D eigenvalue weighted by molar-refractivity contribution is 0.411. The molecule has 2 heterocycles. The molecule has 16 heavy (non-hydrogen) atoms. The average Bonchev–Trinajstić information content (AvgIpc) is 2.80. The van der Waals surface area contributed by atoms with Gasteiger partial charge in [-0.2, -0.15) is 4.98 Å². The van der Waals surface area contributed by atoms with Crippen LogP contribution in [0.25, 0.3) is 0 Å². The molecule has 0 bridgehead atoms. The van der Waals surface area contributed by atoms with Crippen LogP contribution < -0.4 is 10.6 Å². The topological polar surface area (TPSA) is 75.9 Å². The van der Waals surface area contributed by atoms with E-state index in [-0.39, 0.29) is 0 Å². The first-order chi connectivity index (χ1) is 7.88. The molecule has 0 fully saturated rings. The van der Waals surface area contributed by atoms with E-state index < -0.39 is 0 Å². The molecule has 0 aliphatic rings. The first-order valence-electron chi connectivity index (χ1n) is 5.06. The van der Waals surface area contributed by atoms with E-state index in [1.54, 1.807) is 12.4 Å². The molecule has 6 nitrogen and oxygen atoms in total. The van der Waals surface area contributed by atoms with Crippen LogP contribution in [0, 0.1) is 0 Å². The number of nitrogens with one attached hydrogen (secondary N) is 2. The Labute approximate surface area is 93.1 Å². The maximum atomic E-state index is 4.64. The van der Waals surface area contributed by atoms with E-state index >= 15 is 0 Å². The molecule has 0 amide bonds. The fraction of sp³-hybridized carbons (Fsp3) is 0.300. The number of anilines is 2. The molecule has 2 N–H and O–H groups in total. The van der Waals surface area contributed by atoms with Gasteiger partial charge in [0.15, 0.2) is 5.82 Å². The SMILES string of the molecule is CCNc1cncc(NCc2ncon2)c1. The van der Waals surface area contributed by atoms with E-state index in [2.05, 4.69) is 30.3 Å². The third kappa shape index (κ3) is 2.69. The number of pyridine rings is 1. The van der Waals surface area contributed by atoms with E-state index in [0.29, 0.717) is 12.4 Å². The van der Waals surface area contributed by atoms with Crippen molar-refractivity contribution in [1.82, 2.24) is 15.1 Å². The maximum absolute atomic E-state index is 4.64. The van der Waals surface area contributed by atoms with Gasteiger partial charge in [0, 0.05) is 6.54 Å². The molecule has 0 saturated carbocycles. The molecule has 0 spiro atoms. The highest BCUT2D eigenvalue weighted by Crippen LogP contribution is 2.12. The average molecular weight is 219 g/mol. The van der Waals surface area contributed by atoms with Crippen LogP contribution in [0.4, 0.5) is 11.4 Å². The first-order valence-corrected chi connectivity index (χ1v) is 5.06. The summed E-state index contributed by atoms with van der Waals surface area (Å²) < 4.78 is 4.64. The summed E-state index contributed by atoms with van der Waals surface area (Å²) in [4.78, 5) is 8.03. The lowest BCUT2D eigenvalue weighted by Crippen LogP contribution is -2.03. The highest BCUT2D eigenvalue weighted by atomic mass is 16.5. The summed E-state index contributed by atoms with van der Waals surface area (Å²) in [5.41, 5.74) is 1.91. The predicted molar refractivity (Wildman–Crippen MR) is 60.0 cm³/mol. The van der Waals surface area contributed by atoms with E-state index in [9.17, 15) is 0 Å². The summed E-state index contributed by atoms with van der Waals surface area (Å²) in [5.74, 6) is 0.619. The van der Waals surface area contributed by atoms with Gasteiger partial charge in [-0.25, -0.2) is 0 Å². The second-order valence-electron chi connectivity index (χ2n) is 3.19. The van der Waals surface area contributed by atoms with Gasteiger partial charge in [0.25, 0.3) is 0 Å².